The average Bonchev–Trinajstić information content (AvgIpc) is 3.48. The highest BCUT2D eigenvalue weighted by atomic mass is 32.2. The summed E-state index contributed by atoms with van der Waals surface area (Å²) < 4.78 is 75.1. The summed E-state index contributed by atoms with van der Waals surface area (Å²) in [4.78, 5) is 3.00. The lowest BCUT2D eigenvalue weighted by Crippen LogP contribution is -2.32. The first-order valence-corrected chi connectivity index (χ1v) is 12.5. The molecule has 3 heterocycles. The third-order valence-corrected chi connectivity index (χ3v) is 8.13. The van der Waals surface area contributed by atoms with Gasteiger partial charge in [0, 0.05) is 6.54 Å². The number of sulfonamides is 1. The lowest BCUT2D eigenvalue weighted by Gasteiger charge is -2.26. The van der Waals surface area contributed by atoms with E-state index < -0.39 is 50.9 Å². The maximum absolute atomic E-state index is 13.5. The predicted octanol–water partition coefficient (Wildman–Crippen LogP) is 4.89. The fourth-order valence-electron chi connectivity index (χ4n) is 5.07. The molecule has 1 fully saturated rings. The molecule has 5 rings (SSSR count). The van der Waals surface area contributed by atoms with E-state index in [0.717, 1.165) is 10.6 Å². The van der Waals surface area contributed by atoms with E-state index in [2.05, 4.69) is 9.57 Å². The average molecular weight is 520 g/mol. The van der Waals surface area contributed by atoms with Crippen LogP contribution in [0, 0.1) is 6.57 Å². The topological polar surface area (TPSA) is 105 Å². The molecule has 2 unspecified atom stereocenters. The van der Waals surface area contributed by atoms with Gasteiger partial charge in [0.2, 0.25) is 21.8 Å². The first-order chi connectivity index (χ1) is 17.0. The molecule has 0 aliphatic carbocycles. The largest absolute Gasteiger partial charge is 0.494 e. The SMILES string of the molecule is [C-]#[N+]c1ccc(-n2c(O)c3c(c2O)C2(CCNS(=O)(=O)c4ccccc4)CCC3O2)cc1C(F)(F)F. The standard InChI is InChI=1S/C24H20F3N3O5S/c1-28-17-8-7-14(13-16(17)24(25,26)27)30-21(31)19-18-9-10-23(35-18,20(19)22(30)32)11-12-29-36(33,34)15-5-3-2-4-6-15/h2-8,13,18,29,31-32H,9-12H2. The van der Waals surface area contributed by atoms with Gasteiger partial charge in [-0.1, -0.05) is 24.3 Å². The highest BCUT2D eigenvalue weighted by molar-refractivity contribution is 7.89. The van der Waals surface area contributed by atoms with Gasteiger partial charge in [-0.3, -0.25) is 4.57 Å². The Bertz CT molecular complexity index is 1500. The molecule has 0 saturated carbocycles. The zero-order chi connectivity index (χ0) is 25.9. The van der Waals surface area contributed by atoms with Crippen molar-refractivity contribution in [1.82, 2.24) is 9.29 Å². The van der Waals surface area contributed by atoms with Crippen LogP contribution >= 0.6 is 0 Å². The monoisotopic (exact) mass is 519 g/mol. The van der Waals surface area contributed by atoms with E-state index in [1.54, 1.807) is 18.2 Å². The first-order valence-electron chi connectivity index (χ1n) is 11.0. The number of nitrogens with one attached hydrogen (secondary N) is 1. The molecular formula is C24H20F3N3O5S. The number of aromatic nitrogens is 1. The maximum Gasteiger partial charge on any atom is 0.407 e. The van der Waals surface area contributed by atoms with E-state index >= 15 is 0 Å². The Hall–Kier alpha value is -3.53. The Labute approximate surface area is 204 Å². The van der Waals surface area contributed by atoms with Crippen molar-refractivity contribution < 1.29 is 36.5 Å². The zero-order valence-electron chi connectivity index (χ0n) is 18.6. The summed E-state index contributed by atoms with van der Waals surface area (Å²) in [7, 11) is -3.79. The minimum Gasteiger partial charge on any atom is -0.494 e. The van der Waals surface area contributed by atoms with Crippen molar-refractivity contribution in [2.24, 2.45) is 0 Å². The second-order valence-corrected chi connectivity index (χ2v) is 10.4. The summed E-state index contributed by atoms with van der Waals surface area (Å²) in [5.74, 6) is -0.943. The van der Waals surface area contributed by atoms with E-state index in [9.17, 15) is 31.8 Å². The molecule has 8 nitrogen and oxygen atoms in total. The minimum atomic E-state index is -4.81. The van der Waals surface area contributed by atoms with Gasteiger partial charge in [0.05, 0.1) is 39.9 Å². The second-order valence-electron chi connectivity index (χ2n) is 8.68. The Morgan fingerprint density at radius 2 is 1.89 bits per heavy atom. The summed E-state index contributed by atoms with van der Waals surface area (Å²) in [5.41, 5.74) is -2.57. The van der Waals surface area contributed by atoms with Crippen LogP contribution < -0.4 is 4.72 Å². The third kappa shape index (κ3) is 3.71. The van der Waals surface area contributed by atoms with Crippen molar-refractivity contribution in [3.63, 3.8) is 0 Å². The molecule has 36 heavy (non-hydrogen) atoms. The molecule has 0 amide bonds. The van der Waals surface area contributed by atoms with Gasteiger partial charge in [-0.05, 0) is 43.5 Å². The third-order valence-electron chi connectivity index (χ3n) is 6.65. The van der Waals surface area contributed by atoms with Crippen LogP contribution in [0.3, 0.4) is 0 Å². The molecule has 2 aromatic carbocycles. The van der Waals surface area contributed by atoms with Gasteiger partial charge >= 0.3 is 6.18 Å². The molecule has 0 spiro atoms. The highest BCUT2D eigenvalue weighted by Gasteiger charge is 2.55. The molecular weight excluding hydrogens is 499 g/mol. The summed E-state index contributed by atoms with van der Waals surface area (Å²) in [6.07, 6.45) is -4.36. The van der Waals surface area contributed by atoms with Crippen LogP contribution in [-0.2, 0) is 26.5 Å². The van der Waals surface area contributed by atoms with Gasteiger partial charge in [0.15, 0.2) is 5.69 Å². The number of halogens is 3. The van der Waals surface area contributed by atoms with Gasteiger partial charge < -0.3 is 14.9 Å². The molecule has 188 valence electrons. The molecule has 2 aliphatic rings. The first kappa shape index (κ1) is 24.2. The molecule has 2 atom stereocenters. The summed E-state index contributed by atoms with van der Waals surface area (Å²) in [5, 5.41) is 22.0. The lowest BCUT2D eigenvalue weighted by atomic mass is 9.82. The van der Waals surface area contributed by atoms with Crippen molar-refractivity contribution in [1.29, 1.82) is 0 Å². The smallest absolute Gasteiger partial charge is 0.407 e. The van der Waals surface area contributed by atoms with Gasteiger partial charge in [-0.25, -0.2) is 18.0 Å². The molecule has 3 aromatic rings. The molecule has 1 aromatic heterocycles. The van der Waals surface area contributed by atoms with E-state index in [1.165, 1.54) is 18.2 Å². The number of benzene rings is 2. The molecule has 3 N–H and O–H groups in total. The second kappa shape index (κ2) is 8.26. The van der Waals surface area contributed by atoms with E-state index in [1.807, 2.05) is 0 Å². The number of fused-ring (bicyclic) bond motifs is 5. The molecule has 2 bridgehead atoms. The van der Waals surface area contributed by atoms with Gasteiger partial charge in [-0.2, -0.15) is 13.2 Å². The van der Waals surface area contributed by atoms with E-state index in [0.29, 0.717) is 18.9 Å². The fraction of sp³-hybridized carbons (Fsp3) is 0.292. The van der Waals surface area contributed by atoms with Crippen molar-refractivity contribution in [2.45, 2.75) is 42.0 Å². The van der Waals surface area contributed by atoms with Crippen molar-refractivity contribution in [3.05, 3.63) is 76.6 Å². The van der Waals surface area contributed by atoms with Crippen LogP contribution in [0.1, 0.15) is 42.1 Å². The molecule has 1 saturated heterocycles. The maximum atomic E-state index is 13.5. The van der Waals surface area contributed by atoms with Crippen LogP contribution in [0.2, 0.25) is 0 Å². The van der Waals surface area contributed by atoms with Crippen LogP contribution in [0.4, 0.5) is 18.9 Å². The van der Waals surface area contributed by atoms with Gasteiger partial charge in [0.1, 0.15) is 5.60 Å². The Morgan fingerprint density at radius 1 is 1.17 bits per heavy atom. The van der Waals surface area contributed by atoms with Crippen LogP contribution in [0.25, 0.3) is 10.5 Å². The Balaban J connectivity index is 1.49. The van der Waals surface area contributed by atoms with Gasteiger partial charge in [0.25, 0.3) is 0 Å². The van der Waals surface area contributed by atoms with Crippen LogP contribution in [0.5, 0.6) is 11.8 Å². The number of hydrogen-bond acceptors (Lipinski definition) is 5. The van der Waals surface area contributed by atoms with Crippen LogP contribution in [0.15, 0.2) is 53.4 Å². The quantitative estimate of drug-likeness (QED) is 0.403. The minimum absolute atomic E-state index is 0.0350. The van der Waals surface area contributed by atoms with Crippen LogP contribution in [-0.4, -0.2) is 29.7 Å². The number of nitrogens with zero attached hydrogens (tertiary/aromatic N) is 2. The number of aromatic hydroxyl groups is 2. The predicted molar refractivity (Wildman–Crippen MR) is 121 cm³/mol. The van der Waals surface area contributed by atoms with Crippen molar-refractivity contribution >= 4 is 15.7 Å². The zero-order valence-corrected chi connectivity index (χ0v) is 19.4. The van der Waals surface area contributed by atoms with Crippen molar-refractivity contribution in [3.8, 4) is 17.4 Å². The number of rotatable bonds is 6. The summed E-state index contributed by atoms with van der Waals surface area (Å²) in [6, 6.07) is 10.7. The fourth-order valence-corrected chi connectivity index (χ4v) is 6.12. The Morgan fingerprint density at radius 3 is 2.56 bits per heavy atom. The van der Waals surface area contributed by atoms with Gasteiger partial charge in [-0.15, -0.1) is 0 Å². The normalized spacial score (nSPS) is 20.9. The summed E-state index contributed by atoms with van der Waals surface area (Å²) in [6.45, 7) is 6.97. The van der Waals surface area contributed by atoms with E-state index in [-0.39, 0.29) is 34.7 Å². The lowest BCUT2D eigenvalue weighted by molar-refractivity contribution is -0.136. The number of alkyl halides is 3. The number of hydrogen-bond donors (Lipinski definition) is 3. The van der Waals surface area contributed by atoms with Crippen molar-refractivity contribution in [2.75, 3.05) is 6.54 Å². The van der Waals surface area contributed by atoms with E-state index in [4.69, 9.17) is 11.3 Å². The molecule has 0 radical (unpaired) electrons. The summed E-state index contributed by atoms with van der Waals surface area (Å²) >= 11 is 0. The molecule has 2 aliphatic heterocycles. The highest BCUT2D eigenvalue weighted by Crippen LogP contribution is 2.63. The Kier molecular flexibility index (Phi) is 5.55. The molecule has 12 heteroatoms. The number of ether oxygens (including phenoxy) is 1.